The summed E-state index contributed by atoms with van der Waals surface area (Å²) in [6.45, 7) is 2.98. The number of amides is 2. The van der Waals surface area contributed by atoms with E-state index < -0.39 is 0 Å². The van der Waals surface area contributed by atoms with Gasteiger partial charge in [-0.15, -0.1) is 0 Å². The molecular formula is C19H24N2O3. The molecule has 1 saturated heterocycles. The van der Waals surface area contributed by atoms with Gasteiger partial charge in [0.2, 0.25) is 11.8 Å². The number of rotatable bonds is 5. The molecular weight excluding hydrogens is 304 g/mol. The molecule has 1 aromatic rings. The fraction of sp³-hybridized carbons (Fsp3) is 0.474. The third kappa shape index (κ3) is 3.85. The van der Waals surface area contributed by atoms with E-state index in [1.165, 1.54) is 6.92 Å². The zero-order valence-electron chi connectivity index (χ0n) is 14.0. The number of fused-ring (bicyclic) bond motifs is 1. The van der Waals surface area contributed by atoms with Crippen LogP contribution in [0.2, 0.25) is 0 Å². The van der Waals surface area contributed by atoms with Crippen LogP contribution in [0.25, 0.3) is 6.08 Å². The minimum absolute atomic E-state index is 0.0330. The van der Waals surface area contributed by atoms with Gasteiger partial charge in [0.25, 0.3) is 0 Å². The molecule has 1 aromatic carbocycles. The number of benzene rings is 1. The fourth-order valence-electron chi connectivity index (χ4n) is 3.41. The van der Waals surface area contributed by atoms with Crippen LogP contribution in [-0.4, -0.2) is 36.0 Å². The summed E-state index contributed by atoms with van der Waals surface area (Å²) in [6.07, 6.45) is 7.27. The molecule has 128 valence electrons. The molecule has 5 nitrogen and oxygen atoms in total. The van der Waals surface area contributed by atoms with E-state index in [4.69, 9.17) is 4.74 Å². The summed E-state index contributed by atoms with van der Waals surface area (Å²) in [5.74, 6) is -0.0905. The standard InChI is InChI=1S/C19H24N2O3/c1-14(22)21-11-9-15-5-2-3-7-17(15)18(21)13-19(23)20-10-8-16-6-4-12-24-16/h2-3,5,7,9,11,16,18H,4,6,8,10,12-13H2,1H3,(H,20,23)/t16-,18+/m0/s1. The van der Waals surface area contributed by atoms with Crippen molar-refractivity contribution in [3.8, 4) is 0 Å². The maximum Gasteiger partial charge on any atom is 0.223 e. The highest BCUT2D eigenvalue weighted by Crippen LogP contribution is 2.32. The van der Waals surface area contributed by atoms with E-state index in [-0.39, 0.29) is 30.4 Å². The molecule has 2 heterocycles. The lowest BCUT2D eigenvalue weighted by Gasteiger charge is -2.32. The average molecular weight is 328 g/mol. The van der Waals surface area contributed by atoms with Crippen molar-refractivity contribution in [1.29, 1.82) is 0 Å². The Balaban J connectivity index is 1.61. The summed E-state index contributed by atoms with van der Waals surface area (Å²) < 4.78 is 5.57. The number of hydrogen-bond donors (Lipinski definition) is 1. The normalized spacial score (nSPS) is 22.3. The highest BCUT2D eigenvalue weighted by molar-refractivity contribution is 5.81. The zero-order chi connectivity index (χ0) is 16.9. The lowest BCUT2D eigenvalue weighted by molar-refractivity contribution is -0.129. The van der Waals surface area contributed by atoms with Crippen molar-refractivity contribution >= 4 is 17.9 Å². The number of nitrogens with one attached hydrogen (secondary N) is 1. The van der Waals surface area contributed by atoms with Crippen molar-refractivity contribution in [3.63, 3.8) is 0 Å². The van der Waals surface area contributed by atoms with Gasteiger partial charge in [-0.3, -0.25) is 9.59 Å². The van der Waals surface area contributed by atoms with Crippen molar-refractivity contribution < 1.29 is 14.3 Å². The second kappa shape index (κ2) is 7.62. The van der Waals surface area contributed by atoms with E-state index in [2.05, 4.69) is 5.32 Å². The summed E-state index contributed by atoms with van der Waals surface area (Å²) >= 11 is 0. The fourth-order valence-corrected chi connectivity index (χ4v) is 3.41. The monoisotopic (exact) mass is 328 g/mol. The molecule has 1 fully saturated rings. The van der Waals surface area contributed by atoms with Crippen LogP contribution in [0.1, 0.15) is 49.8 Å². The van der Waals surface area contributed by atoms with Crippen LogP contribution in [0.3, 0.4) is 0 Å². The molecule has 0 unspecified atom stereocenters. The zero-order valence-corrected chi connectivity index (χ0v) is 14.0. The Labute approximate surface area is 142 Å². The van der Waals surface area contributed by atoms with E-state index in [0.29, 0.717) is 6.54 Å². The lowest BCUT2D eigenvalue weighted by atomic mass is 9.93. The van der Waals surface area contributed by atoms with Crippen LogP contribution in [0.15, 0.2) is 30.5 Å². The summed E-state index contributed by atoms with van der Waals surface area (Å²) in [4.78, 5) is 25.9. The Kier molecular flexibility index (Phi) is 5.30. The second-order valence-electron chi connectivity index (χ2n) is 6.36. The van der Waals surface area contributed by atoms with Gasteiger partial charge in [-0.25, -0.2) is 0 Å². The molecule has 1 N–H and O–H groups in total. The number of hydrogen-bond acceptors (Lipinski definition) is 3. The Hall–Kier alpha value is -2.14. The molecule has 3 rings (SSSR count). The largest absolute Gasteiger partial charge is 0.378 e. The first kappa shape index (κ1) is 16.7. The van der Waals surface area contributed by atoms with Crippen LogP contribution in [0, 0.1) is 0 Å². The number of carbonyl (C=O) groups excluding carboxylic acids is 2. The molecule has 0 aromatic heterocycles. The predicted octanol–water partition coefficient (Wildman–Crippen LogP) is 2.64. The van der Waals surface area contributed by atoms with Gasteiger partial charge in [0.1, 0.15) is 0 Å². The molecule has 5 heteroatoms. The van der Waals surface area contributed by atoms with Gasteiger partial charge in [-0.05, 0) is 36.5 Å². The van der Waals surface area contributed by atoms with Crippen LogP contribution in [-0.2, 0) is 14.3 Å². The number of nitrogens with zero attached hydrogens (tertiary/aromatic N) is 1. The van der Waals surface area contributed by atoms with Crippen molar-refractivity contribution in [3.05, 3.63) is 41.6 Å². The molecule has 0 radical (unpaired) electrons. The molecule has 0 spiro atoms. The second-order valence-corrected chi connectivity index (χ2v) is 6.36. The molecule has 2 aliphatic heterocycles. The van der Waals surface area contributed by atoms with Gasteiger partial charge in [-0.2, -0.15) is 0 Å². The smallest absolute Gasteiger partial charge is 0.223 e. The van der Waals surface area contributed by atoms with Gasteiger partial charge in [0, 0.05) is 26.3 Å². The lowest BCUT2D eigenvalue weighted by Crippen LogP contribution is -2.35. The van der Waals surface area contributed by atoms with E-state index in [9.17, 15) is 9.59 Å². The summed E-state index contributed by atoms with van der Waals surface area (Å²) in [6, 6.07) is 7.65. The molecule has 0 saturated carbocycles. The van der Waals surface area contributed by atoms with Crippen molar-refractivity contribution in [2.24, 2.45) is 0 Å². The van der Waals surface area contributed by atoms with E-state index in [1.54, 1.807) is 11.1 Å². The van der Waals surface area contributed by atoms with Crippen molar-refractivity contribution in [2.45, 2.75) is 44.8 Å². The highest BCUT2D eigenvalue weighted by atomic mass is 16.5. The highest BCUT2D eigenvalue weighted by Gasteiger charge is 2.28. The van der Waals surface area contributed by atoms with E-state index in [0.717, 1.165) is 37.0 Å². The summed E-state index contributed by atoms with van der Waals surface area (Å²) in [5, 5.41) is 2.97. The molecule has 0 bridgehead atoms. The molecule has 2 atom stereocenters. The maximum absolute atomic E-state index is 12.3. The van der Waals surface area contributed by atoms with Gasteiger partial charge >= 0.3 is 0 Å². The van der Waals surface area contributed by atoms with Crippen LogP contribution >= 0.6 is 0 Å². The molecule has 24 heavy (non-hydrogen) atoms. The van der Waals surface area contributed by atoms with Gasteiger partial charge < -0.3 is 15.0 Å². The first-order chi connectivity index (χ1) is 11.6. The summed E-state index contributed by atoms with van der Waals surface area (Å²) in [7, 11) is 0. The van der Waals surface area contributed by atoms with Crippen molar-refractivity contribution in [1.82, 2.24) is 10.2 Å². The topological polar surface area (TPSA) is 58.6 Å². The van der Waals surface area contributed by atoms with Crippen LogP contribution < -0.4 is 5.32 Å². The Morgan fingerprint density at radius 2 is 2.17 bits per heavy atom. The maximum atomic E-state index is 12.3. The van der Waals surface area contributed by atoms with E-state index >= 15 is 0 Å². The third-order valence-corrected chi connectivity index (χ3v) is 4.66. The van der Waals surface area contributed by atoms with Crippen LogP contribution in [0.4, 0.5) is 0 Å². The minimum Gasteiger partial charge on any atom is -0.378 e. The third-order valence-electron chi connectivity index (χ3n) is 4.66. The van der Waals surface area contributed by atoms with Crippen molar-refractivity contribution in [2.75, 3.05) is 13.2 Å². The molecule has 2 aliphatic rings. The summed E-state index contributed by atoms with van der Waals surface area (Å²) in [5.41, 5.74) is 2.08. The van der Waals surface area contributed by atoms with E-state index in [1.807, 2.05) is 30.3 Å². The number of ether oxygens (including phenoxy) is 1. The van der Waals surface area contributed by atoms with Gasteiger partial charge in [-0.1, -0.05) is 24.3 Å². The molecule has 2 amide bonds. The Bertz CT molecular complexity index is 635. The first-order valence-electron chi connectivity index (χ1n) is 8.59. The molecule has 0 aliphatic carbocycles. The van der Waals surface area contributed by atoms with Gasteiger partial charge in [0.15, 0.2) is 0 Å². The number of carbonyl (C=O) groups is 2. The predicted molar refractivity (Wildman–Crippen MR) is 92.0 cm³/mol. The van der Waals surface area contributed by atoms with Crippen LogP contribution in [0.5, 0.6) is 0 Å². The SMILES string of the molecule is CC(=O)N1C=Cc2ccccc2[C@H]1CC(=O)NCC[C@@H]1CCCO1. The minimum atomic E-state index is -0.244. The quantitative estimate of drug-likeness (QED) is 0.904. The Morgan fingerprint density at radius 3 is 2.92 bits per heavy atom. The first-order valence-corrected chi connectivity index (χ1v) is 8.59. The average Bonchev–Trinajstić information content (AvgIpc) is 3.08. The Morgan fingerprint density at radius 1 is 1.33 bits per heavy atom. The van der Waals surface area contributed by atoms with Gasteiger partial charge in [0.05, 0.1) is 18.6 Å².